The van der Waals surface area contributed by atoms with Gasteiger partial charge in [-0.3, -0.25) is 0 Å². The van der Waals surface area contributed by atoms with Gasteiger partial charge in [-0.1, -0.05) is 43.2 Å². The highest BCUT2D eigenvalue weighted by Gasteiger charge is 2.28. The monoisotopic (exact) mass is 386 g/mol. The lowest BCUT2D eigenvalue weighted by Crippen LogP contribution is -2.35. The number of hydrogen-bond acceptors (Lipinski definition) is 4. The second-order valence-electron chi connectivity index (χ2n) is 7.77. The molecule has 1 aliphatic heterocycles. The zero-order chi connectivity index (χ0) is 20.4. The average molecular weight is 387 g/mol. The molecule has 1 fully saturated rings. The Morgan fingerprint density at radius 3 is 2.21 bits per heavy atom. The van der Waals surface area contributed by atoms with Gasteiger partial charge >= 0.3 is 0 Å². The van der Waals surface area contributed by atoms with Crippen LogP contribution in [0.5, 0.6) is 5.75 Å². The first-order chi connectivity index (χ1) is 13.5. The Hall–Kier alpha value is -1.62. The fourth-order valence-electron chi connectivity index (χ4n) is 3.39. The molecule has 0 amide bonds. The second kappa shape index (κ2) is 12.1. The normalized spacial score (nSPS) is 16.5. The van der Waals surface area contributed by atoms with Crippen molar-refractivity contribution in [3.8, 4) is 5.75 Å². The zero-order valence-electron chi connectivity index (χ0n) is 18.4. The highest BCUT2D eigenvalue weighted by molar-refractivity contribution is 5.27. The van der Waals surface area contributed by atoms with Gasteiger partial charge in [-0.15, -0.1) is 0 Å². The lowest BCUT2D eigenvalue weighted by molar-refractivity contribution is 0.0388. The largest absolute Gasteiger partial charge is 0.490 e. The van der Waals surface area contributed by atoms with Crippen LogP contribution in [0.3, 0.4) is 0 Å². The summed E-state index contributed by atoms with van der Waals surface area (Å²) in [6, 6.07) is 8.28. The van der Waals surface area contributed by atoms with Crippen LogP contribution in [0.1, 0.15) is 53.0 Å². The minimum Gasteiger partial charge on any atom is -0.490 e. The summed E-state index contributed by atoms with van der Waals surface area (Å²) in [4.78, 5) is 0. The Bertz CT molecular complexity index is 621. The maximum Gasteiger partial charge on any atom is 0.119 e. The predicted octanol–water partition coefficient (Wildman–Crippen LogP) is 5.22. The van der Waals surface area contributed by atoms with Crippen LogP contribution in [-0.2, 0) is 11.3 Å². The number of allylic oxidation sites excluding steroid dienone is 3. The number of benzene rings is 1. The summed E-state index contributed by atoms with van der Waals surface area (Å²) in [6.45, 7) is 16.2. The Balaban J connectivity index is 1.71. The highest BCUT2D eigenvalue weighted by Crippen LogP contribution is 2.17. The van der Waals surface area contributed by atoms with Crippen LogP contribution in [0.4, 0.5) is 0 Å². The predicted molar refractivity (Wildman–Crippen MR) is 117 cm³/mol. The van der Waals surface area contributed by atoms with E-state index in [1.165, 1.54) is 16.7 Å². The zero-order valence-corrected chi connectivity index (χ0v) is 18.4. The summed E-state index contributed by atoms with van der Waals surface area (Å²) >= 11 is 0. The molecule has 0 spiro atoms. The maximum absolute atomic E-state index is 6.12. The van der Waals surface area contributed by atoms with Crippen LogP contribution >= 0.6 is 0 Å². The van der Waals surface area contributed by atoms with Gasteiger partial charge in [0.05, 0.1) is 12.7 Å². The molecule has 0 bridgehead atoms. The van der Waals surface area contributed by atoms with Gasteiger partial charge in [0.2, 0.25) is 0 Å². The SMILES string of the molecule is CCN1CC(OCc2ccc(OC/C=C(\C)CCC=C(C)C)cc2)CN1CC. The van der Waals surface area contributed by atoms with Crippen molar-refractivity contribution < 1.29 is 9.47 Å². The minimum atomic E-state index is 0.287. The molecule has 156 valence electrons. The molecule has 1 saturated heterocycles. The number of ether oxygens (including phenoxy) is 2. The Kier molecular flexibility index (Phi) is 9.76. The van der Waals surface area contributed by atoms with E-state index in [4.69, 9.17) is 9.47 Å². The Labute approximate surface area is 171 Å². The number of hydrazine groups is 1. The summed E-state index contributed by atoms with van der Waals surface area (Å²) in [5.74, 6) is 0.910. The van der Waals surface area contributed by atoms with Crippen molar-refractivity contribution in [2.45, 2.75) is 60.2 Å². The molecule has 0 aromatic heterocycles. The van der Waals surface area contributed by atoms with Crippen molar-refractivity contribution in [2.24, 2.45) is 0 Å². The Morgan fingerprint density at radius 1 is 1.00 bits per heavy atom. The van der Waals surface area contributed by atoms with Gasteiger partial charge in [0, 0.05) is 26.2 Å². The summed E-state index contributed by atoms with van der Waals surface area (Å²) in [5, 5.41) is 4.74. The quantitative estimate of drug-likeness (QED) is 0.487. The van der Waals surface area contributed by atoms with Crippen LogP contribution in [0.25, 0.3) is 0 Å². The van der Waals surface area contributed by atoms with Gasteiger partial charge in [0.15, 0.2) is 0 Å². The summed E-state index contributed by atoms with van der Waals surface area (Å²) in [5.41, 5.74) is 3.95. The van der Waals surface area contributed by atoms with Gasteiger partial charge in [-0.05, 0) is 57.4 Å². The van der Waals surface area contributed by atoms with Gasteiger partial charge in [0.1, 0.15) is 12.4 Å². The molecule has 0 unspecified atom stereocenters. The molecule has 0 saturated carbocycles. The summed E-state index contributed by atoms with van der Waals surface area (Å²) < 4.78 is 12.0. The molecule has 1 aromatic rings. The topological polar surface area (TPSA) is 24.9 Å². The summed E-state index contributed by atoms with van der Waals surface area (Å²) in [7, 11) is 0. The number of rotatable bonds is 11. The minimum absolute atomic E-state index is 0.287. The molecule has 0 atom stereocenters. The van der Waals surface area contributed by atoms with Crippen molar-refractivity contribution in [1.82, 2.24) is 10.0 Å². The fraction of sp³-hybridized carbons (Fsp3) is 0.583. The molecule has 2 rings (SSSR count). The fourth-order valence-corrected chi connectivity index (χ4v) is 3.39. The first-order valence-corrected chi connectivity index (χ1v) is 10.6. The maximum atomic E-state index is 6.12. The van der Waals surface area contributed by atoms with E-state index in [0.29, 0.717) is 13.2 Å². The van der Waals surface area contributed by atoms with Crippen LogP contribution in [-0.4, -0.2) is 48.9 Å². The highest BCUT2D eigenvalue weighted by atomic mass is 16.5. The molecular weight excluding hydrogens is 348 g/mol. The van der Waals surface area contributed by atoms with E-state index in [1.807, 2.05) is 12.1 Å². The second-order valence-corrected chi connectivity index (χ2v) is 7.77. The third-order valence-corrected chi connectivity index (χ3v) is 5.14. The number of likely N-dealkylation sites (N-methyl/N-ethyl adjacent to an activating group) is 2. The smallest absolute Gasteiger partial charge is 0.119 e. The number of nitrogens with zero attached hydrogens (tertiary/aromatic N) is 2. The van der Waals surface area contributed by atoms with Crippen molar-refractivity contribution in [2.75, 3.05) is 32.8 Å². The lowest BCUT2D eigenvalue weighted by atomic mass is 10.1. The van der Waals surface area contributed by atoms with E-state index >= 15 is 0 Å². The lowest BCUT2D eigenvalue weighted by Gasteiger charge is -2.24. The molecule has 0 N–H and O–H groups in total. The van der Waals surface area contributed by atoms with Crippen molar-refractivity contribution in [3.05, 3.63) is 53.1 Å². The molecule has 4 nitrogen and oxygen atoms in total. The molecule has 1 aromatic carbocycles. The van der Waals surface area contributed by atoms with Crippen molar-refractivity contribution in [1.29, 1.82) is 0 Å². The van der Waals surface area contributed by atoms with Crippen molar-refractivity contribution in [3.63, 3.8) is 0 Å². The van der Waals surface area contributed by atoms with Gasteiger partial charge in [0.25, 0.3) is 0 Å². The molecule has 28 heavy (non-hydrogen) atoms. The van der Waals surface area contributed by atoms with E-state index in [2.05, 4.69) is 68.9 Å². The van der Waals surface area contributed by atoms with E-state index < -0.39 is 0 Å². The van der Waals surface area contributed by atoms with Crippen molar-refractivity contribution >= 4 is 0 Å². The molecule has 0 aliphatic carbocycles. The molecule has 1 heterocycles. The van der Waals surface area contributed by atoms with Crippen LogP contribution in [0, 0.1) is 0 Å². The molecule has 0 radical (unpaired) electrons. The van der Waals surface area contributed by atoms with Crippen LogP contribution in [0.15, 0.2) is 47.6 Å². The first-order valence-electron chi connectivity index (χ1n) is 10.6. The van der Waals surface area contributed by atoms with Gasteiger partial charge in [-0.2, -0.15) is 0 Å². The third kappa shape index (κ3) is 7.78. The standard InChI is InChI=1S/C24H38N2O2/c1-6-25-17-24(18-26(25)7-2)28-19-22-11-13-23(14-12-22)27-16-15-21(5)10-8-9-20(3)4/h9,11-15,24H,6-8,10,16-19H2,1-5H3/b21-15+. The Morgan fingerprint density at radius 2 is 1.64 bits per heavy atom. The molecule has 4 heteroatoms. The van der Waals surface area contributed by atoms with E-state index in [0.717, 1.165) is 44.8 Å². The van der Waals surface area contributed by atoms with Crippen LogP contribution < -0.4 is 4.74 Å². The van der Waals surface area contributed by atoms with E-state index in [-0.39, 0.29) is 6.10 Å². The van der Waals surface area contributed by atoms with E-state index in [9.17, 15) is 0 Å². The average Bonchev–Trinajstić information content (AvgIpc) is 3.09. The van der Waals surface area contributed by atoms with E-state index in [1.54, 1.807) is 0 Å². The van der Waals surface area contributed by atoms with Gasteiger partial charge in [-0.25, -0.2) is 10.0 Å². The summed E-state index contributed by atoms with van der Waals surface area (Å²) in [6.07, 6.45) is 6.94. The number of hydrogen-bond donors (Lipinski definition) is 0. The van der Waals surface area contributed by atoms with Crippen LogP contribution in [0.2, 0.25) is 0 Å². The molecular formula is C24H38N2O2. The third-order valence-electron chi connectivity index (χ3n) is 5.14. The van der Waals surface area contributed by atoms with Gasteiger partial charge < -0.3 is 9.47 Å². The first kappa shape index (κ1) is 22.7. The molecule has 1 aliphatic rings.